The highest BCUT2D eigenvalue weighted by Gasteiger charge is 2.21. The molecule has 1 fully saturated rings. The van der Waals surface area contributed by atoms with Crippen LogP contribution in [-0.4, -0.2) is 41.4 Å². The van der Waals surface area contributed by atoms with Crippen molar-refractivity contribution < 1.29 is 0 Å². The fraction of sp³-hybridized carbons (Fsp3) is 0.273. The summed E-state index contributed by atoms with van der Waals surface area (Å²) in [7, 11) is 0. The number of hydrogen-bond donors (Lipinski definition) is 1. The Morgan fingerprint density at radius 2 is 1.69 bits per heavy atom. The maximum atomic E-state index is 8.91. The van der Waals surface area contributed by atoms with Gasteiger partial charge in [0.15, 0.2) is 5.82 Å². The number of anilines is 4. The van der Waals surface area contributed by atoms with E-state index < -0.39 is 0 Å². The summed E-state index contributed by atoms with van der Waals surface area (Å²) in [6, 6.07) is 15.8. The van der Waals surface area contributed by atoms with Crippen LogP contribution < -0.4 is 15.1 Å². The van der Waals surface area contributed by atoms with Gasteiger partial charge in [0.05, 0.1) is 17.8 Å². The van der Waals surface area contributed by atoms with E-state index in [0.29, 0.717) is 17.3 Å². The molecule has 0 spiro atoms. The Labute approximate surface area is 170 Å². The minimum atomic E-state index is 0.624. The summed E-state index contributed by atoms with van der Waals surface area (Å²) in [5, 5.41) is 20.5. The van der Waals surface area contributed by atoms with Crippen LogP contribution in [-0.2, 0) is 0 Å². The largest absolute Gasteiger partial charge is 0.368 e. The van der Waals surface area contributed by atoms with Gasteiger partial charge in [0.2, 0.25) is 5.95 Å². The van der Waals surface area contributed by atoms with Crippen LogP contribution in [0.4, 0.5) is 23.1 Å². The van der Waals surface area contributed by atoms with Crippen LogP contribution in [0.5, 0.6) is 0 Å². The number of aryl methyl sites for hydroxylation is 1. The second-order valence-corrected chi connectivity index (χ2v) is 7.15. The Morgan fingerprint density at radius 1 is 0.966 bits per heavy atom. The number of benzene rings is 2. The molecule has 0 radical (unpaired) electrons. The zero-order valence-electron chi connectivity index (χ0n) is 16.6. The molecule has 2 aromatic carbocycles. The van der Waals surface area contributed by atoms with Gasteiger partial charge in [-0.15, -0.1) is 5.10 Å². The van der Waals surface area contributed by atoms with Gasteiger partial charge in [-0.25, -0.2) is 0 Å². The van der Waals surface area contributed by atoms with Gasteiger partial charge in [0, 0.05) is 37.6 Å². The standard InChI is InChI=1S/C22H23N7/c1-16-4-3-5-20(17(16)2)28-10-12-29(13-11-28)22-26-21(15-24-27-22)25-19-8-6-18(14-23)7-9-19/h3-9,15H,10-13H2,1-2H3,(H,25,26,27). The summed E-state index contributed by atoms with van der Waals surface area (Å²) >= 11 is 0. The van der Waals surface area contributed by atoms with Crippen molar-refractivity contribution in [3.05, 3.63) is 65.4 Å². The van der Waals surface area contributed by atoms with Gasteiger partial charge in [0.25, 0.3) is 0 Å². The number of hydrogen-bond acceptors (Lipinski definition) is 7. The monoisotopic (exact) mass is 385 g/mol. The summed E-state index contributed by atoms with van der Waals surface area (Å²) < 4.78 is 0. The van der Waals surface area contributed by atoms with E-state index in [1.807, 2.05) is 12.1 Å². The molecule has 0 atom stereocenters. The molecule has 1 aliphatic heterocycles. The fourth-order valence-electron chi connectivity index (χ4n) is 3.49. The molecule has 0 saturated carbocycles. The highest BCUT2D eigenvalue weighted by atomic mass is 15.4. The van der Waals surface area contributed by atoms with Crippen LogP contribution in [0.3, 0.4) is 0 Å². The summed E-state index contributed by atoms with van der Waals surface area (Å²) in [4.78, 5) is 9.21. The highest BCUT2D eigenvalue weighted by molar-refractivity contribution is 5.59. The molecule has 0 amide bonds. The molecule has 3 aromatic rings. The van der Waals surface area contributed by atoms with Crippen molar-refractivity contribution in [2.24, 2.45) is 0 Å². The van der Waals surface area contributed by atoms with Crippen molar-refractivity contribution in [1.29, 1.82) is 5.26 Å². The van der Waals surface area contributed by atoms with Crippen LogP contribution in [0.25, 0.3) is 0 Å². The first-order valence-electron chi connectivity index (χ1n) is 9.67. The van der Waals surface area contributed by atoms with Crippen molar-refractivity contribution in [2.75, 3.05) is 41.3 Å². The van der Waals surface area contributed by atoms with E-state index in [-0.39, 0.29) is 0 Å². The Hall–Kier alpha value is -3.66. The molecule has 0 aliphatic carbocycles. The van der Waals surface area contributed by atoms with Gasteiger partial charge < -0.3 is 15.1 Å². The summed E-state index contributed by atoms with van der Waals surface area (Å²) in [6.07, 6.45) is 1.61. The Balaban J connectivity index is 1.43. The zero-order valence-corrected chi connectivity index (χ0v) is 16.6. The third kappa shape index (κ3) is 4.11. The molecule has 29 heavy (non-hydrogen) atoms. The maximum absolute atomic E-state index is 8.91. The van der Waals surface area contributed by atoms with Gasteiger partial charge in [0.1, 0.15) is 0 Å². The van der Waals surface area contributed by atoms with Crippen LogP contribution in [0.15, 0.2) is 48.7 Å². The molecule has 1 aromatic heterocycles. The van der Waals surface area contributed by atoms with Crippen LogP contribution >= 0.6 is 0 Å². The van der Waals surface area contributed by atoms with Gasteiger partial charge in [-0.05, 0) is 55.3 Å². The zero-order chi connectivity index (χ0) is 20.2. The number of rotatable bonds is 4. The molecule has 4 rings (SSSR count). The van der Waals surface area contributed by atoms with Gasteiger partial charge in [-0.1, -0.05) is 12.1 Å². The van der Waals surface area contributed by atoms with E-state index in [9.17, 15) is 0 Å². The topological polar surface area (TPSA) is 81.0 Å². The molecular formula is C22H23N7. The molecule has 146 valence electrons. The third-order valence-corrected chi connectivity index (χ3v) is 5.31. The molecule has 1 N–H and O–H groups in total. The minimum Gasteiger partial charge on any atom is -0.368 e. The normalized spacial score (nSPS) is 13.8. The molecular weight excluding hydrogens is 362 g/mol. The number of nitrogens with zero attached hydrogens (tertiary/aromatic N) is 6. The summed E-state index contributed by atoms with van der Waals surface area (Å²) in [6.45, 7) is 7.86. The average Bonchev–Trinajstić information content (AvgIpc) is 2.77. The van der Waals surface area contributed by atoms with Crippen LogP contribution in [0, 0.1) is 25.2 Å². The second-order valence-electron chi connectivity index (χ2n) is 7.15. The lowest BCUT2D eigenvalue weighted by molar-refractivity contribution is 0.634. The lowest BCUT2D eigenvalue weighted by Crippen LogP contribution is -2.47. The van der Waals surface area contributed by atoms with Crippen LogP contribution in [0.1, 0.15) is 16.7 Å². The summed E-state index contributed by atoms with van der Waals surface area (Å²) in [5.41, 5.74) is 5.44. The molecule has 2 heterocycles. The fourth-order valence-corrected chi connectivity index (χ4v) is 3.49. The van der Waals surface area contributed by atoms with Gasteiger partial charge in [-0.2, -0.15) is 15.3 Å². The second kappa shape index (κ2) is 8.15. The molecule has 7 nitrogen and oxygen atoms in total. The van der Waals surface area contributed by atoms with Crippen molar-refractivity contribution in [1.82, 2.24) is 15.2 Å². The first-order valence-corrected chi connectivity index (χ1v) is 9.67. The van der Waals surface area contributed by atoms with E-state index in [0.717, 1.165) is 31.9 Å². The van der Waals surface area contributed by atoms with Crippen molar-refractivity contribution in [3.63, 3.8) is 0 Å². The predicted octanol–water partition coefficient (Wildman–Crippen LogP) is 3.43. The predicted molar refractivity (Wildman–Crippen MR) is 115 cm³/mol. The third-order valence-electron chi connectivity index (χ3n) is 5.31. The molecule has 7 heteroatoms. The molecule has 0 bridgehead atoms. The van der Waals surface area contributed by atoms with E-state index in [1.165, 1.54) is 16.8 Å². The first-order chi connectivity index (χ1) is 14.1. The number of aromatic nitrogens is 3. The van der Waals surface area contributed by atoms with E-state index in [1.54, 1.807) is 18.3 Å². The SMILES string of the molecule is Cc1cccc(N2CCN(c3nncc(Nc4ccc(C#N)cc4)n3)CC2)c1C. The average molecular weight is 385 g/mol. The Morgan fingerprint density at radius 3 is 2.41 bits per heavy atom. The highest BCUT2D eigenvalue weighted by Crippen LogP contribution is 2.25. The lowest BCUT2D eigenvalue weighted by atomic mass is 10.1. The van der Waals surface area contributed by atoms with E-state index in [4.69, 9.17) is 5.26 Å². The lowest BCUT2D eigenvalue weighted by Gasteiger charge is -2.36. The maximum Gasteiger partial charge on any atom is 0.247 e. The first kappa shape index (κ1) is 18.7. The minimum absolute atomic E-state index is 0.624. The molecule has 1 aliphatic rings. The van der Waals surface area contributed by atoms with Gasteiger partial charge in [-0.3, -0.25) is 0 Å². The van der Waals surface area contributed by atoms with Crippen molar-refractivity contribution in [3.8, 4) is 6.07 Å². The Kier molecular flexibility index (Phi) is 5.25. The number of nitrogens with one attached hydrogen (secondary N) is 1. The molecule has 1 saturated heterocycles. The van der Waals surface area contributed by atoms with Crippen molar-refractivity contribution in [2.45, 2.75) is 13.8 Å². The van der Waals surface area contributed by atoms with E-state index in [2.05, 4.69) is 68.4 Å². The van der Waals surface area contributed by atoms with E-state index >= 15 is 0 Å². The van der Waals surface area contributed by atoms with Crippen molar-refractivity contribution >= 4 is 23.1 Å². The summed E-state index contributed by atoms with van der Waals surface area (Å²) in [5.74, 6) is 1.26. The number of piperazine rings is 1. The van der Waals surface area contributed by atoms with Crippen LogP contribution in [0.2, 0.25) is 0 Å². The smallest absolute Gasteiger partial charge is 0.247 e. The number of nitriles is 1. The Bertz CT molecular complexity index is 1030. The van der Waals surface area contributed by atoms with Gasteiger partial charge >= 0.3 is 0 Å². The quantitative estimate of drug-likeness (QED) is 0.737. The molecule has 0 unspecified atom stereocenters.